The molecule has 0 radical (unpaired) electrons. The van der Waals surface area contributed by atoms with E-state index in [1.165, 1.54) is 10.4 Å². The predicted molar refractivity (Wildman–Crippen MR) is 106 cm³/mol. The average molecular weight is 464 g/mol. The second kappa shape index (κ2) is 6.43. The molecule has 3 nitrogen and oxygen atoms in total. The lowest BCUT2D eigenvalue weighted by Gasteiger charge is -2.08. The van der Waals surface area contributed by atoms with Gasteiger partial charge in [-0.05, 0) is 35.4 Å². The van der Waals surface area contributed by atoms with Crippen molar-refractivity contribution in [3.05, 3.63) is 61.3 Å². The molecule has 0 saturated carbocycles. The first-order chi connectivity index (χ1) is 11.7. The number of halogens is 2. The van der Waals surface area contributed by atoms with Gasteiger partial charge < -0.3 is 4.74 Å². The molecule has 0 N–H and O–H groups in total. The van der Waals surface area contributed by atoms with Gasteiger partial charge >= 0.3 is 0 Å². The van der Waals surface area contributed by atoms with Crippen LogP contribution in [0.3, 0.4) is 0 Å². The minimum absolute atomic E-state index is 0.771. The van der Waals surface area contributed by atoms with E-state index in [0.717, 1.165) is 43.1 Å². The number of benzene rings is 2. The van der Waals surface area contributed by atoms with Gasteiger partial charge in [-0.25, -0.2) is 9.98 Å². The van der Waals surface area contributed by atoms with E-state index in [9.17, 15) is 0 Å². The Morgan fingerprint density at radius 3 is 2.92 bits per heavy atom. The van der Waals surface area contributed by atoms with E-state index in [0.29, 0.717) is 0 Å². The summed E-state index contributed by atoms with van der Waals surface area (Å²) < 4.78 is 7.66. The lowest BCUT2D eigenvalue weighted by Crippen LogP contribution is -1.90. The predicted octanol–water partition coefficient (Wildman–Crippen LogP) is 6.00. The first-order valence-corrected chi connectivity index (χ1v) is 9.71. The van der Waals surface area contributed by atoms with Crippen LogP contribution in [-0.2, 0) is 6.42 Å². The number of methoxy groups -OCH3 is 1. The fraction of sp³-hybridized carbons (Fsp3) is 0.111. The van der Waals surface area contributed by atoms with E-state index in [-0.39, 0.29) is 0 Å². The molecule has 1 heterocycles. The molecule has 0 fully saturated rings. The zero-order valence-corrected chi connectivity index (χ0v) is 16.7. The number of nitrogens with zero attached hydrogens (tertiary/aromatic N) is 2. The first kappa shape index (κ1) is 16.0. The van der Waals surface area contributed by atoms with Gasteiger partial charge in [0, 0.05) is 32.0 Å². The molecule has 1 aliphatic carbocycles. The standard InChI is InChI=1S/C18H12Br2N2OS/c1-23-14-6-5-13(20)12-8-15-17(16(12)14)22-18(24-15)21-9-10-3-2-4-11(19)7-10/h2-7,9H,8H2,1H3. The quantitative estimate of drug-likeness (QED) is 0.349. The molecule has 0 unspecified atom stereocenters. The van der Waals surface area contributed by atoms with Crippen LogP contribution in [0.25, 0.3) is 11.3 Å². The number of ether oxygens (including phenoxy) is 1. The van der Waals surface area contributed by atoms with Crippen LogP contribution in [0.2, 0.25) is 0 Å². The monoisotopic (exact) mass is 462 g/mol. The van der Waals surface area contributed by atoms with Gasteiger partial charge in [-0.2, -0.15) is 0 Å². The SMILES string of the molecule is COc1ccc(Br)c2c1-c1nc(N=Cc3cccc(Br)c3)sc1C2. The third-order valence-electron chi connectivity index (χ3n) is 3.87. The molecule has 0 spiro atoms. The molecule has 2 aromatic carbocycles. The Labute approximate surface area is 160 Å². The van der Waals surface area contributed by atoms with Gasteiger partial charge in [0.05, 0.1) is 12.8 Å². The van der Waals surface area contributed by atoms with Crippen molar-refractivity contribution in [2.45, 2.75) is 6.42 Å². The fourth-order valence-electron chi connectivity index (χ4n) is 2.79. The van der Waals surface area contributed by atoms with Crippen LogP contribution < -0.4 is 4.74 Å². The van der Waals surface area contributed by atoms with Crippen LogP contribution in [0.15, 0.2) is 50.3 Å². The van der Waals surface area contributed by atoms with Crippen LogP contribution in [-0.4, -0.2) is 18.3 Å². The van der Waals surface area contributed by atoms with E-state index >= 15 is 0 Å². The Bertz CT molecular complexity index is 966. The van der Waals surface area contributed by atoms with Crippen molar-refractivity contribution in [1.29, 1.82) is 0 Å². The maximum atomic E-state index is 5.52. The molecule has 1 aromatic heterocycles. The summed E-state index contributed by atoms with van der Waals surface area (Å²) in [5, 5.41) is 0.771. The van der Waals surface area contributed by atoms with Crippen LogP contribution in [0, 0.1) is 0 Å². The van der Waals surface area contributed by atoms with Gasteiger partial charge in [0.25, 0.3) is 0 Å². The van der Waals surface area contributed by atoms with Gasteiger partial charge in [0.15, 0.2) is 0 Å². The van der Waals surface area contributed by atoms with Gasteiger partial charge in [0.1, 0.15) is 5.75 Å². The summed E-state index contributed by atoms with van der Waals surface area (Å²) in [7, 11) is 1.69. The van der Waals surface area contributed by atoms with Crippen LogP contribution in [0.4, 0.5) is 5.13 Å². The Morgan fingerprint density at radius 1 is 1.25 bits per heavy atom. The number of hydrogen-bond donors (Lipinski definition) is 0. The Balaban J connectivity index is 1.71. The second-order valence-electron chi connectivity index (χ2n) is 5.36. The van der Waals surface area contributed by atoms with Crippen LogP contribution >= 0.6 is 43.2 Å². The Kier molecular flexibility index (Phi) is 4.28. The smallest absolute Gasteiger partial charge is 0.209 e. The average Bonchev–Trinajstić information content (AvgIpc) is 3.12. The molecule has 120 valence electrons. The number of hydrogen-bond acceptors (Lipinski definition) is 4. The molecule has 1 aliphatic rings. The van der Waals surface area contributed by atoms with Crippen LogP contribution in [0.5, 0.6) is 5.75 Å². The molecule has 0 aliphatic heterocycles. The zero-order valence-electron chi connectivity index (χ0n) is 12.7. The highest BCUT2D eigenvalue weighted by molar-refractivity contribution is 9.10. The van der Waals surface area contributed by atoms with Crippen molar-refractivity contribution >= 4 is 54.5 Å². The third kappa shape index (κ3) is 2.83. The number of aromatic nitrogens is 1. The molecule has 3 aromatic rings. The molecule has 4 rings (SSSR count). The number of aliphatic imine (C=N–C) groups is 1. The summed E-state index contributed by atoms with van der Waals surface area (Å²) in [5.74, 6) is 0.861. The highest BCUT2D eigenvalue weighted by Crippen LogP contribution is 2.48. The zero-order chi connectivity index (χ0) is 16.7. The second-order valence-corrected chi connectivity index (χ2v) is 8.19. The van der Waals surface area contributed by atoms with Gasteiger partial charge in [0.2, 0.25) is 5.13 Å². The van der Waals surface area contributed by atoms with Crippen molar-refractivity contribution in [3.8, 4) is 17.0 Å². The largest absolute Gasteiger partial charge is 0.496 e. The highest BCUT2D eigenvalue weighted by Gasteiger charge is 2.28. The number of fused-ring (bicyclic) bond motifs is 3. The molecule has 0 bridgehead atoms. The van der Waals surface area contributed by atoms with Crippen molar-refractivity contribution < 1.29 is 4.74 Å². The number of rotatable bonds is 3. The van der Waals surface area contributed by atoms with Gasteiger partial charge in [-0.1, -0.05) is 55.3 Å². The fourth-order valence-corrected chi connectivity index (χ4v) is 4.60. The molecular formula is C18H12Br2N2OS. The molecule has 0 atom stereocenters. The van der Waals surface area contributed by atoms with Crippen molar-refractivity contribution in [2.24, 2.45) is 4.99 Å². The Morgan fingerprint density at radius 2 is 2.12 bits per heavy atom. The lowest BCUT2D eigenvalue weighted by molar-refractivity contribution is 0.416. The van der Waals surface area contributed by atoms with Crippen molar-refractivity contribution in [3.63, 3.8) is 0 Å². The molecule has 24 heavy (non-hydrogen) atoms. The van der Waals surface area contributed by atoms with E-state index in [2.05, 4.69) is 36.9 Å². The Hall–Kier alpha value is -1.50. The molecule has 6 heteroatoms. The third-order valence-corrected chi connectivity index (χ3v) is 6.07. The van der Waals surface area contributed by atoms with E-state index in [4.69, 9.17) is 9.72 Å². The summed E-state index contributed by atoms with van der Waals surface area (Å²) in [4.78, 5) is 10.5. The minimum Gasteiger partial charge on any atom is -0.496 e. The van der Waals surface area contributed by atoms with E-state index < -0.39 is 0 Å². The topological polar surface area (TPSA) is 34.5 Å². The summed E-state index contributed by atoms with van der Waals surface area (Å²) >= 11 is 8.73. The van der Waals surface area contributed by atoms with Crippen molar-refractivity contribution in [1.82, 2.24) is 4.98 Å². The summed E-state index contributed by atoms with van der Waals surface area (Å²) in [5.41, 5.74) is 4.36. The van der Waals surface area contributed by atoms with Crippen molar-refractivity contribution in [2.75, 3.05) is 7.11 Å². The maximum Gasteiger partial charge on any atom is 0.209 e. The molecular weight excluding hydrogens is 452 g/mol. The van der Waals surface area contributed by atoms with E-state index in [1.54, 1.807) is 18.4 Å². The maximum absolute atomic E-state index is 5.52. The normalized spacial score (nSPS) is 12.5. The number of thiazole rings is 1. The molecule has 0 amide bonds. The first-order valence-electron chi connectivity index (χ1n) is 7.31. The summed E-state index contributed by atoms with van der Waals surface area (Å²) in [6.45, 7) is 0. The van der Waals surface area contributed by atoms with Gasteiger partial charge in [-0.3, -0.25) is 0 Å². The summed E-state index contributed by atoms with van der Waals surface area (Å²) in [6.07, 6.45) is 2.71. The molecule has 0 saturated heterocycles. The van der Waals surface area contributed by atoms with E-state index in [1.807, 2.05) is 42.6 Å². The van der Waals surface area contributed by atoms with Crippen LogP contribution in [0.1, 0.15) is 16.0 Å². The highest BCUT2D eigenvalue weighted by atomic mass is 79.9. The minimum atomic E-state index is 0.771. The van der Waals surface area contributed by atoms with Gasteiger partial charge in [-0.15, -0.1) is 0 Å². The summed E-state index contributed by atoms with van der Waals surface area (Å²) in [6, 6.07) is 12.0. The lowest BCUT2D eigenvalue weighted by atomic mass is 10.1.